The Labute approximate surface area is 113 Å². The number of anilines is 1. The average molecular weight is 263 g/mol. The van der Waals surface area contributed by atoms with Crippen LogP contribution in [0.3, 0.4) is 0 Å². The maximum Gasteiger partial charge on any atom is 0.238 e. The molecule has 1 heterocycles. The molecular weight excluding hydrogens is 242 g/mol. The Morgan fingerprint density at radius 3 is 3.05 bits per heavy atom. The Balaban J connectivity index is 1.90. The molecule has 2 rings (SSSR count). The molecule has 1 amide bonds. The highest BCUT2D eigenvalue weighted by Crippen LogP contribution is 2.22. The smallest absolute Gasteiger partial charge is 0.238 e. The van der Waals surface area contributed by atoms with Crippen LogP contribution in [0.5, 0.6) is 5.75 Å². The SMILES string of the molecule is COc1ccccc1NC(=O)CN1CCN[C@@H](C)C1. The van der Waals surface area contributed by atoms with Crippen molar-refractivity contribution in [2.24, 2.45) is 0 Å². The second kappa shape index (κ2) is 6.54. The van der Waals surface area contributed by atoms with Gasteiger partial charge in [0, 0.05) is 25.7 Å². The van der Waals surface area contributed by atoms with Crippen molar-refractivity contribution in [2.45, 2.75) is 13.0 Å². The number of hydrogen-bond donors (Lipinski definition) is 2. The molecule has 5 nitrogen and oxygen atoms in total. The van der Waals surface area contributed by atoms with E-state index < -0.39 is 0 Å². The van der Waals surface area contributed by atoms with E-state index in [0.717, 1.165) is 25.3 Å². The van der Waals surface area contributed by atoms with Gasteiger partial charge in [-0.25, -0.2) is 0 Å². The van der Waals surface area contributed by atoms with Crippen LogP contribution in [0.1, 0.15) is 6.92 Å². The van der Waals surface area contributed by atoms with Gasteiger partial charge in [-0.05, 0) is 19.1 Å². The minimum atomic E-state index is -0.00130. The molecule has 0 spiro atoms. The average Bonchev–Trinajstić information content (AvgIpc) is 2.39. The first-order valence-corrected chi connectivity index (χ1v) is 6.57. The molecular formula is C14H21N3O2. The lowest BCUT2D eigenvalue weighted by atomic mass is 10.2. The normalized spacial score (nSPS) is 20.0. The summed E-state index contributed by atoms with van der Waals surface area (Å²) >= 11 is 0. The lowest BCUT2D eigenvalue weighted by Gasteiger charge is -2.31. The van der Waals surface area contributed by atoms with Gasteiger partial charge in [-0.1, -0.05) is 12.1 Å². The summed E-state index contributed by atoms with van der Waals surface area (Å²) in [7, 11) is 1.60. The van der Waals surface area contributed by atoms with Crippen LogP contribution in [-0.4, -0.2) is 50.1 Å². The molecule has 0 radical (unpaired) electrons. The van der Waals surface area contributed by atoms with Gasteiger partial charge in [-0.3, -0.25) is 9.69 Å². The Hall–Kier alpha value is -1.59. The molecule has 1 fully saturated rings. The second-order valence-electron chi connectivity index (χ2n) is 4.84. The Morgan fingerprint density at radius 2 is 2.32 bits per heavy atom. The first kappa shape index (κ1) is 13.8. The summed E-state index contributed by atoms with van der Waals surface area (Å²) in [5.41, 5.74) is 0.721. The first-order valence-electron chi connectivity index (χ1n) is 6.57. The number of carbonyl (C=O) groups excluding carboxylic acids is 1. The van der Waals surface area contributed by atoms with Crippen molar-refractivity contribution in [1.29, 1.82) is 0 Å². The molecule has 19 heavy (non-hydrogen) atoms. The van der Waals surface area contributed by atoms with Crippen LogP contribution in [0.15, 0.2) is 24.3 Å². The number of methoxy groups -OCH3 is 1. The molecule has 1 aliphatic rings. The number of para-hydroxylation sites is 2. The van der Waals surface area contributed by atoms with Gasteiger partial charge < -0.3 is 15.4 Å². The van der Waals surface area contributed by atoms with Crippen LogP contribution in [0.4, 0.5) is 5.69 Å². The minimum Gasteiger partial charge on any atom is -0.495 e. The molecule has 0 saturated carbocycles. The number of piperazine rings is 1. The highest BCUT2D eigenvalue weighted by atomic mass is 16.5. The van der Waals surface area contributed by atoms with Crippen LogP contribution in [0.25, 0.3) is 0 Å². The molecule has 0 aromatic heterocycles. The fourth-order valence-corrected chi connectivity index (χ4v) is 2.30. The van der Waals surface area contributed by atoms with Crippen LogP contribution in [-0.2, 0) is 4.79 Å². The van der Waals surface area contributed by atoms with E-state index in [1.165, 1.54) is 0 Å². The molecule has 0 unspecified atom stereocenters. The van der Waals surface area contributed by atoms with Crippen molar-refractivity contribution in [3.05, 3.63) is 24.3 Å². The third-order valence-corrected chi connectivity index (χ3v) is 3.20. The van der Waals surface area contributed by atoms with E-state index in [1.807, 2.05) is 24.3 Å². The molecule has 1 aliphatic heterocycles. The van der Waals surface area contributed by atoms with Crippen LogP contribution in [0, 0.1) is 0 Å². The number of amides is 1. The van der Waals surface area contributed by atoms with Gasteiger partial charge in [0.05, 0.1) is 19.3 Å². The lowest BCUT2D eigenvalue weighted by molar-refractivity contribution is -0.117. The van der Waals surface area contributed by atoms with E-state index in [0.29, 0.717) is 18.3 Å². The zero-order chi connectivity index (χ0) is 13.7. The number of nitrogens with one attached hydrogen (secondary N) is 2. The standard InChI is InChI=1S/C14H21N3O2/c1-11-9-17(8-7-15-11)10-14(18)16-12-5-3-4-6-13(12)19-2/h3-6,11,15H,7-10H2,1-2H3,(H,16,18)/t11-/m0/s1. The topological polar surface area (TPSA) is 53.6 Å². The molecule has 104 valence electrons. The van der Waals surface area contributed by atoms with E-state index in [1.54, 1.807) is 7.11 Å². The van der Waals surface area contributed by atoms with Gasteiger partial charge >= 0.3 is 0 Å². The Morgan fingerprint density at radius 1 is 1.53 bits per heavy atom. The molecule has 1 atom stereocenters. The van der Waals surface area contributed by atoms with E-state index in [4.69, 9.17) is 4.74 Å². The monoisotopic (exact) mass is 263 g/mol. The number of hydrogen-bond acceptors (Lipinski definition) is 4. The molecule has 2 N–H and O–H groups in total. The Bertz CT molecular complexity index is 436. The summed E-state index contributed by atoms with van der Waals surface area (Å²) in [4.78, 5) is 14.2. The Kier molecular flexibility index (Phi) is 4.76. The van der Waals surface area contributed by atoms with Crippen molar-refractivity contribution in [3.8, 4) is 5.75 Å². The van der Waals surface area contributed by atoms with Crippen LogP contribution in [0.2, 0.25) is 0 Å². The predicted molar refractivity (Wildman–Crippen MR) is 75.5 cm³/mol. The number of rotatable bonds is 4. The van der Waals surface area contributed by atoms with Gasteiger partial charge in [0.1, 0.15) is 5.75 Å². The summed E-state index contributed by atoms with van der Waals surface area (Å²) in [6.07, 6.45) is 0. The summed E-state index contributed by atoms with van der Waals surface area (Å²) in [5.74, 6) is 0.683. The molecule has 0 aliphatic carbocycles. The largest absolute Gasteiger partial charge is 0.495 e. The van der Waals surface area contributed by atoms with Crippen molar-refractivity contribution in [3.63, 3.8) is 0 Å². The summed E-state index contributed by atoms with van der Waals surface area (Å²) < 4.78 is 5.21. The molecule has 1 saturated heterocycles. The van der Waals surface area contributed by atoms with E-state index in [-0.39, 0.29) is 5.91 Å². The summed E-state index contributed by atoms with van der Waals surface area (Å²) in [5, 5.41) is 6.26. The molecule has 1 aromatic carbocycles. The van der Waals surface area contributed by atoms with Gasteiger partial charge in [0.25, 0.3) is 0 Å². The number of nitrogens with zero attached hydrogens (tertiary/aromatic N) is 1. The van der Waals surface area contributed by atoms with E-state index in [9.17, 15) is 4.79 Å². The van der Waals surface area contributed by atoms with E-state index >= 15 is 0 Å². The fraction of sp³-hybridized carbons (Fsp3) is 0.500. The number of benzene rings is 1. The van der Waals surface area contributed by atoms with Gasteiger partial charge in [0.15, 0.2) is 0 Å². The highest BCUT2D eigenvalue weighted by Gasteiger charge is 2.18. The fourth-order valence-electron chi connectivity index (χ4n) is 2.30. The summed E-state index contributed by atoms with van der Waals surface area (Å²) in [6, 6.07) is 7.88. The molecule has 1 aromatic rings. The van der Waals surface area contributed by atoms with Crippen molar-refractivity contribution in [2.75, 3.05) is 38.6 Å². The zero-order valence-corrected chi connectivity index (χ0v) is 11.5. The molecule has 0 bridgehead atoms. The summed E-state index contributed by atoms with van der Waals surface area (Å²) in [6.45, 7) is 5.29. The van der Waals surface area contributed by atoms with Crippen molar-refractivity contribution in [1.82, 2.24) is 10.2 Å². The van der Waals surface area contributed by atoms with Crippen LogP contribution < -0.4 is 15.4 Å². The van der Waals surface area contributed by atoms with Gasteiger partial charge in [-0.15, -0.1) is 0 Å². The maximum atomic E-state index is 12.0. The minimum absolute atomic E-state index is 0.00130. The maximum absolute atomic E-state index is 12.0. The van der Waals surface area contributed by atoms with Crippen molar-refractivity contribution < 1.29 is 9.53 Å². The first-order chi connectivity index (χ1) is 9.19. The predicted octanol–water partition coefficient (Wildman–Crippen LogP) is 0.927. The lowest BCUT2D eigenvalue weighted by Crippen LogP contribution is -2.51. The zero-order valence-electron chi connectivity index (χ0n) is 11.5. The number of carbonyl (C=O) groups is 1. The van der Waals surface area contributed by atoms with E-state index in [2.05, 4.69) is 22.5 Å². The second-order valence-corrected chi connectivity index (χ2v) is 4.84. The molecule has 5 heteroatoms. The number of ether oxygens (including phenoxy) is 1. The van der Waals surface area contributed by atoms with Crippen molar-refractivity contribution >= 4 is 11.6 Å². The van der Waals surface area contributed by atoms with Gasteiger partial charge in [-0.2, -0.15) is 0 Å². The van der Waals surface area contributed by atoms with Gasteiger partial charge in [0.2, 0.25) is 5.91 Å². The van der Waals surface area contributed by atoms with Crippen LogP contribution >= 0.6 is 0 Å². The third kappa shape index (κ3) is 3.94. The highest BCUT2D eigenvalue weighted by molar-refractivity contribution is 5.93. The quantitative estimate of drug-likeness (QED) is 0.848. The third-order valence-electron chi connectivity index (χ3n) is 3.20.